The van der Waals surface area contributed by atoms with Crippen LogP contribution in [0.4, 0.5) is 0 Å². The molecule has 0 spiro atoms. The summed E-state index contributed by atoms with van der Waals surface area (Å²) in [6, 6.07) is 0. The quantitative estimate of drug-likeness (QED) is 0.694. The number of hydrogen-bond donors (Lipinski definition) is 1. The summed E-state index contributed by atoms with van der Waals surface area (Å²) in [4.78, 5) is 0. The molecule has 2 unspecified atom stereocenters. The second-order valence-electron chi connectivity index (χ2n) is 5.83. The topological polar surface area (TPSA) is 12.0 Å². The molecule has 0 aliphatic carbocycles. The second-order valence-corrected chi connectivity index (χ2v) is 5.83. The van der Waals surface area contributed by atoms with Crippen LogP contribution in [0.5, 0.6) is 0 Å². The smallest absolute Gasteiger partial charge is 0.00180 e. The lowest BCUT2D eigenvalue weighted by Gasteiger charge is -2.31. The van der Waals surface area contributed by atoms with Crippen molar-refractivity contribution in [2.24, 2.45) is 17.3 Å². The van der Waals surface area contributed by atoms with Crippen LogP contribution in [0.2, 0.25) is 0 Å². The maximum Gasteiger partial charge on any atom is -0.00180 e. The van der Waals surface area contributed by atoms with Crippen LogP contribution >= 0.6 is 0 Å². The van der Waals surface area contributed by atoms with E-state index in [1.165, 1.54) is 32.4 Å². The van der Waals surface area contributed by atoms with Gasteiger partial charge < -0.3 is 5.32 Å². The molecule has 1 aliphatic heterocycles. The zero-order valence-electron chi connectivity index (χ0n) is 9.69. The molecule has 13 heavy (non-hydrogen) atoms. The standard InChI is InChI=1S/C12H25N/c1-10-6-8-13-9-11(10)5-7-12(2,3)4/h10-11,13H,5-9H2,1-4H3. The molecule has 2 atom stereocenters. The second kappa shape index (κ2) is 4.45. The zero-order valence-corrected chi connectivity index (χ0v) is 9.69. The van der Waals surface area contributed by atoms with Gasteiger partial charge in [0.25, 0.3) is 0 Å². The Kier molecular flexibility index (Phi) is 3.78. The molecular weight excluding hydrogens is 158 g/mol. The van der Waals surface area contributed by atoms with Gasteiger partial charge in [0.05, 0.1) is 0 Å². The molecule has 1 aliphatic rings. The Morgan fingerprint density at radius 3 is 2.54 bits per heavy atom. The highest BCUT2D eigenvalue weighted by Gasteiger charge is 2.22. The third kappa shape index (κ3) is 4.12. The van der Waals surface area contributed by atoms with E-state index < -0.39 is 0 Å². The molecule has 0 bridgehead atoms. The van der Waals surface area contributed by atoms with Gasteiger partial charge in [-0.3, -0.25) is 0 Å². The average Bonchev–Trinajstić information content (AvgIpc) is 2.01. The number of rotatable bonds is 2. The third-order valence-electron chi connectivity index (χ3n) is 3.25. The Hall–Kier alpha value is -0.0400. The van der Waals surface area contributed by atoms with Gasteiger partial charge in [-0.2, -0.15) is 0 Å². The van der Waals surface area contributed by atoms with E-state index in [1.807, 2.05) is 0 Å². The van der Waals surface area contributed by atoms with E-state index in [0.717, 1.165) is 11.8 Å². The summed E-state index contributed by atoms with van der Waals surface area (Å²) in [5.41, 5.74) is 0.511. The van der Waals surface area contributed by atoms with Gasteiger partial charge in [-0.05, 0) is 49.6 Å². The molecule has 1 nitrogen and oxygen atoms in total. The predicted molar refractivity (Wildman–Crippen MR) is 58.8 cm³/mol. The van der Waals surface area contributed by atoms with Crippen LogP contribution in [-0.2, 0) is 0 Å². The molecule has 0 aromatic carbocycles. The van der Waals surface area contributed by atoms with Gasteiger partial charge in [0, 0.05) is 0 Å². The summed E-state index contributed by atoms with van der Waals surface area (Å²) in [6.07, 6.45) is 4.14. The van der Waals surface area contributed by atoms with E-state index >= 15 is 0 Å². The first-order valence-corrected chi connectivity index (χ1v) is 5.70. The van der Waals surface area contributed by atoms with Gasteiger partial charge in [0.15, 0.2) is 0 Å². The fraction of sp³-hybridized carbons (Fsp3) is 1.00. The lowest BCUT2D eigenvalue weighted by Crippen LogP contribution is -2.35. The first-order chi connectivity index (χ1) is 5.99. The molecule has 1 heteroatoms. The van der Waals surface area contributed by atoms with Crippen molar-refractivity contribution in [3.8, 4) is 0 Å². The van der Waals surface area contributed by atoms with Crippen molar-refractivity contribution in [1.82, 2.24) is 5.32 Å². The van der Waals surface area contributed by atoms with Crippen LogP contribution in [0.1, 0.15) is 47.0 Å². The Morgan fingerprint density at radius 2 is 2.00 bits per heavy atom. The lowest BCUT2D eigenvalue weighted by molar-refractivity contribution is 0.224. The van der Waals surface area contributed by atoms with E-state index in [0.29, 0.717) is 5.41 Å². The summed E-state index contributed by atoms with van der Waals surface area (Å²) in [5, 5.41) is 3.50. The van der Waals surface area contributed by atoms with Gasteiger partial charge in [-0.15, -0.1) is 0 Å². The number of hydrogen-bond acceptors (Lipinski definition) is 1. The van der Waals surface area contributed by atoms with Gasteiger partial charge in [0.1, 0.15) is 0 Å². The maximum atomic E-state index is 3.50. The van der Waals surface area contributed by atoms with Crippen molar-refractivity contribution in [1.29, 1.82) is 0 Å². The molecule has 78 valence electrons. The summed E-state index contributed by atoms with van der Waals surface area (Å²) in [6.45, 7) is 11.9. The van der Waals surface area contributed by atoms with Crippen LogP contribution in [0.3, 0.4) is 0 Å². The zero-order chi connectivity index (χ0) is 9.90. The Balaban J connectivity index is 2.27. The van der Waals surface area contributed by atoms with Crippen molar-refractivity contribution in [3.63, 3.8) is 0 Å². The highest BCUT2D eigenvalue weighted by molar-refractivity contribution is 4.76. The maximum absolute atomic E-state index is 3.50. The van der Waals surface area contributed by atoms with Crippen molar-refractivity contribution in [2.45, 2.75) is 47.0 Å². The molecular formula is C12H25N. The molecule has 1 fully saturated rings. The molecule has 0 radical (unpaired) electrons. The van der Waals surface area contributed by atoms with Gasteiger partial charge >= 0.3 is 0 Å². The first-order valence-electron chi connectivity index (χ1n) is 5.70. The fourth-order valence-corrected chi connectivity index (χ4v) is 2.06. The van der Waals surface area contributed by atoms with Gasteiger partial charge in [-0.1, -0.05) is 27.7 Å². The van der Waals surface area contributed by atoms with Crippen molar-refractivity contribution >= 4 is 0 Å². The number of piperidine rings is 1. The lowest BCUT2D eigenvalue weighted by atomic mass is 9.80. The van der Waals surface area contributed by atoms with Gasteiger partial charge in [-0.25, -0.2) is 0 Å². The average molecular weight is 183 g/mol. The molecule has 1 N–H and O–H groups in total. The normalized spacial score (nSPS) is 30.5. The fourth-order valence-electron chi connectivity index (χ4n) is 2.06. The van der Waals surface area contributed by atoms with Crippen molar-refractivity contribution < 1.29 is 0 Å². The molecule has 0 aromatic heterocycles. The van der Waals surface area contributed by atoms with Crippen LogP contribution < -0.4 is 5.32 Å². The Morgan fingerprint density at radius 1 is 1.31 bits per heavy atom. The minimum Gasteiger partial charge on any atom is -0.316 e. The molecule has 0 aromatic rings. The highest BCUT2D eigenvalue weighted by atomic mass is 14.9. The Bertz CT molecular complexity index is 146. The number of nitrogens with one attached hydrogen (secondary N) is 1. The summed E-state index contributed by atoms with van der Waals surface area (Å²) in [5.74, 6) is 1.86. The monoisotopic (exact) mass is 183 g/mol. The third-order valence-corrected chi connectivity index (χ3v) is 3.25. The van der Waals surface area contributed by atoms with E-state index in [4.69, 9.17) is 0 Å². The minimum atomic E-state index is 0.511. The molecule has 0 saturated carbocycles. The van der Waals surface area contributed by atoms with E-state index in [1.54, 1.807) is 0 Å². The summed E-state index contributed by atoms with van der Waals surface area (Å²) < 4.78 is 0. The van der Waals surface area contributed by atoms with E-state index in [9.17, 15) is 0 Å². The van der Waals surface area contributed by atoms with Crippen LogP contribution in [0.25, 0.3) is 0 Å². The van der Waals surface area contributed by atoms with Crippen molar-refractivity contribution in [2.75, 3.05) is 13.1 Å². The predicted octanol–water partition coefficient (Wildman–Crippen LogP) is 3.06. The van der Waals surface area contributed by atoms with Crippen LogP contribution in [-0.4, -0.2) is 13.1 Å². The Labute approximate surface area is 83.3 Å². The molecule has 1 saturated heterocycles. The molecule has 1 heterocycles. The highest BCUT2D eigenvalue weighted by Crippen LogP contribution is 2.29. The van der Waals surface area contributed by atoms with Crippen molar-refractivity contribution in [3.05, 3.63) is 0 Å². The van der Waals surface area contributed by atoms with E-state index in [2.05, 4.69) is 33.0 Å². The van der Waals surface area contributed by atoms with E-state index in [-0.39, 0.29) is 0 Å². The first kappa shape index (κ1) is 11.0. The largest absolute Gasteiger partial charge is 0.316 e. The summed E-state index contributed by atoms with van der Waals surface area (Å²) >= 11 is 0. The molecule has 0 amide bonds. The van der Waals surface area contributed by atoms with Crippen LogP contribution in [0.15, 0.2) is 0 Å². The minimum absolute atomic E-state index is 0.511. The summed E-state index contributed by atoms with van der Waals surface area (Å²) in [7, 11) is 0. The molecule has 1 rings (SSSR count). The van der Waals surface area contributed by atoms with Gasteiger partial charge in [0.2, 0.25) is 0 Å². The van der Waals surface area contributed by atoms with Crippen LogP contribution in [0, 0.1) is 17.3 Å². The SMILES string of the molecule is CC1CCNCC1CCC(C)(C)C.